The van der Waals surface area contributed by atoms with Gasteiger partial charge in [0.1, 0.15) is 4.75 Å². The molecule has 2 heterocycles. The normalized spacial score (nSPS) is 32.7. The first-order chi connectivity index (χ1) is 8.68. The second kappa shape index (κ2) is 4.82. The van der Waals surface area contributed by atoms with E-state index in [1.807, 2.05) is 0 Å². The van der Waals surface area contributed by atoms with Crippen LogP contribution < -0.4 is 0 Å². The molecule has 2 atom stereocenters. The number of hydrogen-bond acceptors (Lipinski definition) is 5. The molecule has 0 radical (unpaired) electrons. The molecule has 0 aromatic carbocycles. The second-order valence-electron chi connectivity index (χ2n) is 6.17. The maximum Gasteiger partial charge on any atom is 0.159 e. The highest BCUT2D eigenvalue weighted by Gasteiger charge is 2.48. The van der Waals surface area contributed by atoms with Gasteiger partial charge in [0.25, 0.3) is 0 Å². The number of rotatable bonds is 3. The minimum atomic E-state index is -3.41. The van der Waals surface area contributed by atoms with Crippen molar-refractivity contribution in [3.05, 3.63) is 0 Å². The Balaban J connectivity index is 2.16. The van der Waals surface area contributed by atoms with Crippen LogP contribution in [0.4, 0.5) is 0 Å². The van der Waals surface area contributed by atoms with Crippen molar-refractivity contribution in [2.75, 3.05) is 26.1 Å². The molecule has 2 fully saturated rings. The molecule has 2 unspecified atom stereocenters. The number of hydrogen-bond donors (Lipinski definition) is 0. The number of ketones is 1. The summed E-state index contributed by atoms with van der Waals surface area (Å²) in [5.74, 6) is -0.440. The Labute approximate surface area is 114 Å². The molecule has 2 rings (SSSR count). The van der Waals surface area contributed by atoms with E-state index in [4.69, 9.17) is 9.47 Å². The number of carbonyl (C=O) groups is 1. The second-order valence-corrected chi connectivity index (χ2v) is 8.74. The van der Waals surface area contributed by atoms with E-state index in [1.54, 1.807) is 0 Å². The van der Waals surface area contributed by atoms with E-state index in [9.17, 15) is 13.2 Å². The zero-order valence-corrected chi connectivity index (χ0v) is 12.6. The fraction of sp³-hybridized carbons (Fsp3) is 0.923. The smallest absolute Gasteiger partial charge is 0.159 e. The van der Waals surface area contributed by atoms with Gasteiger partial charge in [0.05, 0.1) is 12.2 Å². The monoisotopic (exact) mass is 290 g/mol. The summed E-state index contributed by atoms with van der Waals surface area (Å²) in [7, 11) is -3.41. The highest BCUT2D eigenvalue weighted by molar-refractivity contribution is 7.92. The van der Waals surface area contributed by atoms with Crippen LogP contribution in [0.3, 0.4) is 0 Å². The molecule has 0 bridgehead atoms. The maximum atomic E-state index is 12.5. The van der Waals surface area contributed by atoms with Gasteiger partial charge in [0.15, 0.2) is 15.6 Å². The average molecular weight is 290 g/mol. The Bertz CT molecular complexity index is 459. The lowest BCUT2D eigenvalue weighted by Crippen LogP contribution is -2.49. The quantitative estimate of drug-likeness (QED) is 0.774. The summed E-state index contributed by atoms with van der Waals surface area (Å²) in [5, 5.41) is 0. The van der Waals surface area contributed by atoms with Gasteiger partial charge < -0.3 is 9.47 Å². The minimum absolute atomic E-state index is 0.190. The topological polar surface area (TPSA) is 69.7 Å². The Morgan fingerprint density at radius 2 is 2.00 bits per heavy atom. The van der Waals surface area contributed by atoms with Crippen molar-refractivity contribution < 1.29 is 22.7 Å². The standard InChI is InChI=1S/C13H22O5S/c1-12(2,19(3,15)16)11(14)10-4-6-18-13(8-10)5-7-17-9-13/h10H,4-9H2,1-3H3. The third-order valence-electron chi connectivity index (χ3n) is 4.45. The first kappa shape index (κ1) is 14.9. The molecule has 110 valence electrons. The molecule has 0 aliphatic carbocycles. The van der Waals surface area contributed by atoms with Gasteiger partial charge in [0, 0.05) is 31.8 Å². The summed E-state index contributed by atoms with van der Waals surface area (Å²) >= 11 is 0. The third kappa shape index (κ3) is 2.71. The van der Waals surface area contributed by atoms with Crippen molar-refractivity contribution in [2.45, 2.75) is 43.5 Å². The van der Waals surface area contributed by atoms with Gasteiger partial charge in [-0.2, -0.15) is 0 Å². The zero-order chi connectivity index (χ0) is 14.3. The van der Waals surface area contributed by atoms with E-state index in [2.05, 4.69) is 0 Å². The van der Waals surface area contributed by atoms with Gasteiger partial charge in [0.2, 0.25) is 0 Å². The lowest BCUT2D eigenvalue weighted by Gasteiger charge is -2.38. The van der Waals surface area contributed by atoms with Crippen LogP contribution >= 0.6 is 0 Å². The summed E-state index contributed by atoms with van der Waals surface area (Å²) < 4.78 is 33.4. The molecule has 6 heteroatoms. The van der Waals surface area contributed by atoms with E-state index in [0.717, 1.165) is 12.7 Å². The molecule has 1 spiro atoms. The first-order valence-electron chi connectivity index (χ1n) is 6.64. The van der Waals surface area contributed by atoms with Crippen LogP contribution in [0.1, 0.15) is 33.1 Å². The fourth-order valence-electron chi connectivity index (χ4n) is 2.79. The van der Waals surface area contributed by atoms with Crippen molar-refractivity contribution in [1.82, 2.24) is 0 Å². The van der Waals surface area contributed by atoms with Gasteiger partial charge in [-0.25, -0.2) is 8.42 Å². The number of sulfone groups is 1. The van der Waals surface area contributed by atoms with Crippen LogP contribution in [-0.2, 0) is 24.1 Å². The average Bonchev–Trinajstić information content (AvgIpc) is 2.74. The molecule has 2 aliphatic rings. The van der Waals surface area contributed by atoms with Crippen LogP contribution in [-0.4, -0.2) is 50.6 Å². The van der Waals surface area contributed by atoms with Gasteiger partial charge in [-0.1, -0.05) is 0 Å². The number of Topliss-reactive ketones (excluding diaryl/α,β-unsaturated/α-hetero) is 1. The fourth-order valence-corrected chi connectivity index (χ4v) is 3.32. The van der Waals surface area contributed by atoms with Crippen LogP contribution in [0.5, 0.6) is 0 Å². The molecule has 0 aromatic rings. The molecule has 2 aliphatic heterocycles. The van der Waals surface area contributed by atoms with E-state index < -0.39 is 14.6 Å². The van der Waals surface area contributed by atoms with Crippen molar-refractivity contribution in [3.8, 4) is 0 Å². The van der Waals surface area contributed by atoms with E-state index in [0.29, 0.717) is 32.7 Å². The van der Waals surface area contributed by atoms with E-state index in [-0.39, 0.29) is 17.3 Å². The summed E-state index contributed by atoms with van der Waals surface area (Å²) in [5.41, 5.74) is -0.369. The molecular weight excluding hydrogens is 268 g/mol. The molecule has 19 heavy (non-hydrogen) atoms. The van der Waals surface area contributed by atoms with Crippen LogP contribution in [0.15, 0.2) is 0 Å². The summed E-state index contributed by atoms with van der Waals surface area (Å²) in [4.78, 5) is 12.5. The maximum absolute atomic E-state index is 12.5. The van der Waals surface area contributed by atoms with Crippen molar-refractivity contribution in [3.63, 3.8) is 0 Å². The van der Waals surface area contributed by atoms with E-state index in [1.165, 1.54) is 13.8 Å². The van der Waals surface area contributed by atoms with Crippen LogP contribution in [0.2, 0.25) is 0 Å². The molecular formula is C13H22O5S. The lowest BCUT2D eigenvalue weighted by molar-refractivity contribution is -0.138. The minimum Gasteiger partial charge on any atom is -0.378 e. The molecule has 5 nitrogen and oxygen atoms in total. The molecule has 2 saturated heterocycles. The summed E-state index contributed by atoms with van der Waals surface area (Å²) in [6.45, 7) is 4.65. The lowest BCUT2D eigenvalue weighted by atomic mass is 9.80. The van der Waals surface area contributed by atoms with Crippen molar-refractivity contribution in [1.29, 1.82) is 0 Å². The molecule has 0 aromatic heterocycles. The predicted octanol–water partition coefficient (Wildman–Crippen LogP) is 0.964. The molecule has 0 saturated carbocycles. The summed E-state index contributed by atoms with van der Waals surface area (Å²) in [6.07, 6.45) is 3.08. The Kier molecular flexibility index (Phi) is 3.79. The number of ether oxygens (including phenoxy) is 2. The highest BCUT2D eigenvalue weighted by atomic mass is 32.2. The third-order valence-corrected chi connectivity index (χ3v) is 6.51. The Hall–Kier alpha value is -0.460. The van der Waals surface area contributed by atoms with Gasteiger partial charge in [-0.3, -0.25) is 4.79 Å². The molecule has 0 N–H and O–H groups in total. The van der Waals surface area contributed by atoms with Gasteiger partial charge >= 0.3 is 0 Å². The first-order valence-corrected chi connectivity index (χ1v) is 8.53. The predicted molar refractivity (Wildman–Crippen MR) is 70.8 cm³/mol. The number of carbonyl (C=O) groups excluding carboxylic acids is 1. The SMILES string of the molecule is CC(C)(C(=O)C1CCOC2(CCOC2)C1)S(C)(=O)=O. The zero-order valence-electron chi connectivity index (χ0n) is 11.8. The van der Waals surface area contributed by atoms with Crippen molar-refractivity contribution >= 4 is 15.6 Å². The van der Waals surface area contributed by atoms with Gasteiger partial charge in [-0.05, 0) is 26.7 Å². The van der Waals surface area contributed by atoms with Crippen LogP contribution in [0, 0.1) is 5.92 Å². The van der Waals surface area contributed by atoms with Crippen molar-refractivity contribution in [2.24, 2.45) is 5.92 Å². The Morgan fingerprint density at radius 1 is 1.32 bits per heavy atom. The van der Waals surface area contributed by atoms with Gasteiger partial charge in [-0.15, -0.1) is 0 Å². The highest BCUT2D eigenvalue weighted by Crippen LogP contribution is 2.38. The molecule has 0 amide bonds. The largest absolute Gasteiger partial charge is 0.378 e. The van der Waals surface area contributed by atoms with Crippen LogP contribution in [0.25, 0.3) is 0 Å². The summed E-state index contributed by atoms with van der Waals surface area (Å²) in [6, 6.07) is 0. The Morgan fingerprint density at radius 3 is 2.53 bits per heavy atom. The van der Waals surface area contributed by atoms with E-state index >= 15 is 0 Å².